The summed E-state index contributed by atoms with van der Waals surface area (Å²) in [6.07, 6.45) is -2.43. The van der Waals surface area contributed by atoms with Crippen LogP contribution >= 0.6 is 0 Å². The Hall–Kier alpha value is -1.32. The SMILES string of the molecule is FC(F)c1ccc2c(c1)OCCN2. The smallest absolute Gasteiger partial charge is 0.263 e. The molecular weight excluding hydrogens is 176 g/mol. The van der Waals surface area contributed by atoms with Gasteiger partial charge in [-0.15, -0.1) is 0 Å². The van der Waals surface area contributed by atoms with E-state index >= 15 is 0 Å². The molecule has 4 heteroatoms. The van der Waals surface area contributed by atoms with E-state index in [1.54, 1.807) is 6.07 Å². The average molecular weight is 185 g/mol. The van der Waals surface area contributed by atoms with Gasteiger partial charge in [-0.1, -0.05) is 6.07 Å². The molecule has 1 aromatic carbocycles. The summed E-state index contributed by atoms with van der Waals surface area (Å²) in [6, 6.07) is 4.41. The third-order valence-corrected chi connectivity index (χ3v) is 1.93. The van der Waals surface area contributed by atoms with Gasteiger partial charge in [0.05, 0.1) is 5.69 Å². The molecular formula is C9H9F2NO. The first-order chi connectivity index (χ1) is 6.27. The zero-order valence-corrected chi connectivity index (χ0v) is 6.89. The largest absolute Gasteiger partial charge is 0.490 e. The van der Waals surface area contributed by atoms with Gasteiger partial charge in [0.25, 0.3) is 6.43 Å². The standard InChI is InChI=1S/C9H9F2NO/c10-9(11)6-1-2-7-8(5-6)13-4-3-12-7/h1-2,5,9,12H,3-4H2. The van der Waals surface area contributed by atoms with Crippen LogP contribution in [0.25, 0.3) is 0 Å². The van der Waals surface area contributed by atoms with Crippen LogP contribution in [0, 0.1) is 0 Å². The molecule has 1 aromatic rings. The molecule has 0 unspecified atom stereocenters. The lowest BCUT2D eigenvalue weighted by Crippen LogP contribution is -2.17. The molecule has 0 fully saturated rings. The normalized spacial score (nSPS) is 14.7. The highest BCUT2D eigenvalue weighted by atomic mass is 19.3. The van der Waals surface area contributed by atoms with Gasteiger partial charge >= 0.3 is 0 Å². The van der Waals surface area contributed by atoms with Crippen LogP contribution in [0.3, 0.4) is 0 Å². The first kappa shape index (κ1) is 8.29. The van der Waals surface area contributed by atoms with Gasteiger partial charge in [-0.2, -0.15) is 0 Å². The van der Waals surface area contributed by atoms with Crippen molar-refractivity contribution in [3.05, 3.63) is 23.8 Å². The molecule has 0 saturated heterocycles. The van der Waals surface area contributed by atoms with Crippen molar-refractivity contribution >= 4 is 5.69 Å². The van der Waals surface area contributed by atoms with Crippen LogP contribution < -0.4 is 10.1 Å². The summed E-state index contributed by atoms with van der Waals surface area (Å²) in [4.78, 5) is 0. The van der Waals surface area contributed by atoms with Crippen molar-refractivity contribution < 1.29 is 13.5 Å². The molecule has 1 heterocycles. The Morgan fingerprint density at radius 2 is 2.23 bits per heavy atom. The van der Waals surface area contributed by atoms with E-state index in [1.807, 2.05) is 0 Å². The summed E-state index contributed by atoms with van der Waals surface area (Å²) in [5, 5.41) is 3.06. The molecule has 13 heavy (non-hydrogen) atoms. The summed E-state index contributed by atoms with van der Waals surface area (Å²) >= 11 is 0. The van der Waals surface area contributed by atoms with E-state index in [4.69, 9.17) is 4.74 Å². The summed E-state index contributed by atoms with van der Waals surface area (Å²) in [6.45, 7) is 1.25. The van der Waals surface area contributed by atoms with E-state index < -0.39 is 6.43 Å². The van der Waals surface area contributed by atoms with E-state index in [9.17, 15) is 8.78 Å². The molecule has 0 atom stereocenters. The molecule has 1 N–H and O–H groups in total. The minimum Gasteiger partial charge on any atom is -0.490 e. The maximum atomic E-state index is 12.3. The highest BCUT2D eigenvalue weighted by Crippen LogP contribution is 2.31. The molecule has 0 bridgehead atoms. The summed E-state index contributed by atoms with van der Waals surface area (Å²) < 4.78 is 29.7. The fourth-order valence-electron chi connectivity index (χ4n) is 1.29. The summed E-state index contributed by atoms with van der Waals surface area (Å²) in [5.74, 6) is 0.518. The maximum absolute atomic E-state index is 12.3. The molecule has 2 rings (SSSR count). The van der Waals surface area contributed by atoms with E-state index in [1.165, 1.54) is 12.1 Å². The Morgan fingerprint density at radius 3 is 3.00 bits per heavy atom. The number of hydrogen-bond acceptors (Lipinski definition) is 2. The van der Waals surface area contributed by atoms with E-state index in [2.05, 4.69) is 5.32 Å². The number of nitrogens with one attached hydrogen (secondary N) is 1. The van der Waals surface area contributed by atoms with Crippen molar-refractivity contribution in [3.8, 4) is 5.75 Å². The van der Waals surface area contributed by atoms with Crippen molar-refractivity contribution in [2.45, 2.75) is 6.43 Å². The van der Waals surface area contributed by atoms with E-state index in [-0.39, 0.29) is 5.56 Å². The van der Waals surface area contributed by atoms with Crippen LogP contribution in [0.2, 0.25) is 0 Å². The number of alkyl halides is 2. The van der Waals surface area contributed by atoms with Gasteiger partial charge in [-0.3, -0.25) is 0 Å². The molecule has 70 valence electrons. The zero-order chi connectivity index (χ0) is 9.26. The van der Waals surface area contributed by atoms with Crippen LogP contribution in [0.5, 0.6) is 5.75 Å². The number of hydrogen-bond donors (Lipinski definition) is 1. The second-order valence-electron chi connectivity index (χ2n) is 2.83. The fourth-order valence-corrected chi connectivity index (χ4v) is 1.29. The predicted molar refractivity (Wildman–Crippen MR) is 45.4 cm³/mol. The molecule has 0 aromatic heterocycles. The molecule has 0 aliphatic carbocycles. The lowest BCUT2D eigenvalue weighted by molar-refractivity contribution is 0.151. The van der Waals surface area contributed by atoms with Crippen LogP contribution in [0.1, 0.15) is 12.0 Å². The predicted octanol–water partition coefficient (Wildman–Crippen LogP) is 2.43. The highest BCUT2D eigenvalue weighted by molar-refractivity contribution is 5.59. The summed E-state index contributed by atoms with van der Waals surface area (Å²) in [5.41, 5.74) is 0.790. The second-order valence-corrected chi connectivity index (χ2v) is 2.83. The lowest BCUT2D eigenvalue weighted by atomic mass is 10.2. The average Bonchev–Trinajstić information content (AvgIpc) is 2.17. The molecule has 0 amide bonds. The van der Waals surface area contributed by atoms with Crippen LogP contribution in [0.15, 0.2) is 18.2 Å². The summed E-state index contributed by atoms with van der Waals surface area (Å²) in [7, 11) is 0. The first-order valence-electron chi connectivity index (χ1n) is 4.06. The van der Waals surface area contributed by atoms with E-state index in [0.29, 0.717) is 12.4 Å². The van der Waals surface area contributed by atoms with Gasteiger partial charge in [0.15, 0.2) is 0 Å². The van der Waals surface area contributed by atoms with Crippen LogP contribution in [0.4, 0.5) is 14.5 Å². The molecule has 0 radical (unpaired) electrons. The Balaban J connectivity index is 2.35. The molecule has 0 saturated carbocycles. The van der Waals surface area contributed by atoms with Crippen LogP contribution in [-0.2, 0) is 0 Å². The first-order valence-corrected chi connectivity index (χ1v) is 4.06. The molecule has 2 nitrogen and oxygen atoms in total. The third kappa shape index (κ3) is 1.56. The van der Waals surface area contributed by atoms with Gasteiger partial charge < -0.3 is 10.1 Å². The molecule has 1 aliphatic rings. The molecule has 1 aliphatic heterocycles. The number of benzene rings is 1. The van der Waals surface area contributed by atoms with E-state index in [0.717, 1.165) is 12.2 Å². The van der Waals surface area contributed by atoms with Gasteiger partial charge in [-0.25, -0.2) is 8.78 Å². The Bertz CT molecular complexity index is 314. The van der Waals surface area contributed by atoms with Gasteiger partial charge in [0.1, 0.15) is 12.4 Å². The zero-order valence-electron chi connectivity index (χ0n) is 6.89. The maximum Gasteiger partial charge on any atom is 0.263 e. The van der Waals surface area contributed by atoms with Crippen molar-refractivity contribution in [3.63, 3.8) is 0 Å². The fraction of sp³-hybridized carbons (Fsp3) is 0.333. The Labute approximate surface area is 74.5 Å². The number of fused-ring (bicyclic) bond motifs is 1. The van der Waals surface area contributed by atoms with Gasteiger partial charge in [-0.05, 0) is 12.1 Å². The minimum absolute atomic E-state index is 0.00227. The Morgan fingerprint density at radius 1 is 1.38 bits per heavy atom. The number of rotatable bonds is 1. The monoisotopic (exact) mass is 185 g/mol. The number of anilines is 1. The van der Waals surface area contributed by atoms with Crippen molar-refractivity contribution in [1.82, 2.24) is 0 Å². The minimum atomic E-state index is -2.43. The Kier molecular flexibility index (Phi) is 2.04. The van der Waals surface area contributed by atoms with Crippen molar-refractivity contribution in [2.24, 2.45) is 0 Å². The quantitative estimate of drug-likeness (QED) is 0.725. The number of ether oxygens (including phenoxy) is 1. The molecule has 0 spiro atoms. The third-order valence-electron chi connectivity index (χ3n) is 1.93. The van der Waals surface area contributed by atoms with Crippen molar-refractivity contribution in [1.29, 1.82) is 0 Å². The van der Waals surface area contributed by atoms with Crippen molar-refractivity contribution in [2.75, 3.05) is 18.5 Å². The van der Waals surface area contributed by atoms with Crippen LogP contribution in [-0.4, -0.2) is 13.2 Å². The van der Waals surface area contributed by atoms with Gasteiger partial charge in [0, 0.05) is 12.1 Å². The second kappa shape index (κ2) is 3.20. The highest BCUT2D eigenvalue weighted by Gasteiger charge is 2.13. The number of halogens is 2. The lowest BCUT2D eigenvalue weighted by Gasteiger charge is -2.19. The topological polar surface area (TPSA) is 21.3 Å². The van der Waals surface area contributed by atoms with Gasteiger partial charge in [0.2, 0.25) is 0 Å².